The summed E-state index contributed by atoms with van der Waals surface area (Å²) in [6.45, 7) is 0. The van der Waals surface area contributed by atoms with Crippen molar-refractivity contribution in [3.05, 3.63) is 64.2 Å². The van der Waals surface area contributed by atoms with Gasteiger partial charge >= 0.3 is 0 Å². The van der Waals surface area contributed by atoms with E-state index >= 15 is 0 Å². The zero-order chi connectivity index (χ0) is 18.1. The number of hydrogen-bond donors (Lipinski definition) is 2. The van der Waals surface area contributed by atoms with E-state index in [-0.39, 0.29) is 5.39 Å². The number of carbonyl (C=O) groups is 1. The molecule has 1 aromatic heterocycles. The number of aromatic nitrogens is 1. The van der Waals surface area contributed by atoms with Crippen molar-refractivity contribution in [1.29, 1.82) is 0 Å². The van der Waals surface area contributed by atoms with Gasteiger partial charge in [0.2, 0.25) is 0 Å². The van der Waals surface area contributed by atoms with E-state index in [1.54, 1.807) is 18.2 Å². The number of nitrogens with zero attached hydrogens (tertiary/aromatic N) is 1. The lowest BCUT2D eigenvalue weighted by Gasteiger charge is -2.18. The number of pyridine rings is 1. The second kappa shape index (κ2) is 6.27. The fourth-order valence-electron chi connectivity index (χ4n) is 2.62. The summed E-state index contributed by atoms with van der Waals surface area (Å²) in [6.07, 6.45) is 0. The molecule has 7 heteroatoms. The molecular formula is C18H15FN2O4. The lowest BCUT2D eigenvalue weighted by molar-refractivity contribution is 0.0989. The summed E-state index contributed by atoms with van der Waals surface area (Å²) >= 11 is 0. The Morgan fingerprint density at radius 3 is 2.52 bits per heavy atom. The Kier molecular flexibility index (Phi) is 4.14. The van der Waals surface area contributed by atoms with Gasteiger partial charge in [-0.2, -0.15) is 0 Å². The number of carbonyl (C=O) groups excluding carboxylic acids is 1. The van der Waals surface area contributed by atoms with Gasteiger partial charge in [-0.1, -0.05) is 6.07 Å². The standard InChI is InChI=1S/C18H15FN2O4/c1-21(11-8-6-10(19)7-9-11)18(24)15-16(22)14-12(20-17(15)23)4-3-5-13(14)25-2/h3-9H,1-2H3,(H2,20,22,23). The first-order valence-corrected chi connectivity index (χ1v) is 7.39. The van der Waals surface area contributed by atoms with Crippen molar-refractivity contribution < 1.29 is 19.0 Å². The number of methoxy groups -OCH3 is 1. The summed E-state index contributed by atoms with van der Waals surface area (Å²) in [5, 5.41) is 10.8. The molecule has 0 atom stereocenters. The van der Waals surface area contributed by atoms with Crippen LogP contribution in [0, 0.1) is 5.82 Å². The number of benzene rings is 2. The number of hydrogen-bond acceptors (Lipinski definition) is 4. The fourth-order valence-corrected chi connectivity index (χ4v) is 2.62. The van der Waals surface area contributed by atoms with Crippen molar-refractivity contribution in [1.82, 2.24) is 4.98 Å². The number of aromatic hydroxyl groups is 1. The smallest absolute Gasteiger partial charge is 0.267 e. The maximum atomic E-state index is 13.0. The van der Waals surface area contributed by atoms with E-state index in [2.05, 4.69) is 4.98 Å². The molecule has 0 aliphatic heterocycles. The topological polar surface area (TPSA) is 82.6 Å². The summed E-state index contributed by atoms with van der Waals surface area (Å²) in [4.78, 5) is 28.8. The summed E-state index contributed by atoms with van der Waals surface area (Å²) in [5.41, 5.74) is -0.408. The van der Waals surface area contributed by atoms with Gasteiger partial charge in [0, 0.05) is 12.7 Å². The highest BCUT2D eigenvalue weighted by molar-refractivity contribution is 6.10. The van der Waals surface area contributed by atoms with Crippen LogP contribution >= 0.6 is 0 Å². The normalized spacial score (nSPS) is 10.7. The van der Waals surface area contributed by atoms with Crippen LogP contribution in [0.5, 0.6) is 11.5 Å². The monoisotopic (exact) mass is 342 g/mol. The first-order valence-electron chi connectivity index (χ1n) is 7.39. The third-order valence-corrected chi connectivity index (χ3v) is 3.93. The van der Waals surface area contributed by atoms with Crippen LogP contribution in [-0.4, -0.2) is 30.2 Å². The number of H-pyrrole nitrogens is 1. The maximum absolute atomic E-state index is 13.0. The molecule has 0 bridgehead atoms. The molecule has 2 aromatic carbocycles. The quantitative estimate of drug-likeness (QED) is 0.767. The molecule has 128 valence electrons. The van der Waals surface area contributed by atoms with Gasteiger partial charge in [-0.15, -0.1) is 0 Å². The Morgan fingerprint density at radius 1 is 1.20 bits per heavy atom. The molecule has 0 radical (unpaired) electrons. The summed E-state index contributed by atoms with van der Waals surface area (Å²) in [5.74, 6) is -1.31. The molecule has 0 spiro atoms. The molecule has 0 fully saturated rings. The van der Waals surface area contributed by atoms with Gasteiger partial charge in [-0.05, 0) is 36.4 Å². The Labute approximate surface area is 142 Å². The van der Waals surface area contributed by atoms with Crippen LogP contribution in [0.15, 0.2) is 47.3 Å². The van der Waals surface area contributed by atoms with Crippen LogP contribution in [0.1, 0.15) is 10.4 Å². The zero-order valence-electron chi connectivity index (χ0n) is 13.5. The highest BCUT2D eigenvalue weighted by Gasteiger charge is 2.24. The molecule has 1 amide bonds. The summed E-state index contributed by atoms with van der Waals surface area (Å²) in [6, 6.07) is 10.1. The Bertz CT molecular complexity index is 1010. The number of anilines is 1. The number of halogens is 1. The SMILES string of the molecule is COc1cccc2[nH]c(=O)c(C(=O)N(C)c3ccc(F)cc3)c(O)c12. The van der Waals surface area contributed by atoms with Crippen LogP contribution in [-0.2, 0) is 0 Å². The number of nitrogens with one attached hydrogen (secondary N) is 1. The summed E-state index contributed by atoms with van der Waals surface area (Å²) < 4.78 is 18.2. The highest BCUT2D eigenvalue weighted by atomic mass is 19.1. The van der Waals surface area contributed by atoms with E-state index in [1.807, 2.05) is 0 Å². The molecule has 3 aromatic rings. The Hall–Kier alpha value is -3.35. The van der Waals surface area contributed by atoms with Crippen molar-refractivity contribution in [2.24, 2.45) is 0 Å². The van der Waals surface area contributed by atoms with Crippen LogP contribution in [0.4, 0.5) is 10.1 Å². The van der Waals surface area contributed by atoms with Crippen LogP contribution < -0.4 is 15.2 Å². The van der Waals surface area contributed by atoms with Crippen molar-refractivity contribution in [3.63, 3.8) is 0 Å². The van der Waals surface area contributed by atoms with Crippen LogP contribution in [0.2, 0.25) is 0 Å². The number of fused-ring (bicyclic) bond motifs is 1. The van der Waals surface area contributed by atoms with Crippen molar-refractivity contribution >= 4 is 22.5 Å². The average molecular weight is 342 g/mol. The Balaban J connectivity index is 2.16. The zero-order valence-corrected chi connectivity index (χ0v) is 13.5. The van der Waals surface area contributed by atoms with Gasteiger partial charge in [0.1, 0.15) is 22.9 Å². The van der Waals surface area contributed by atoms with E-state index in [0.717, 1.165) is 4.90 Å². The predicted molar refractivity (Wildman–Crippen MR) is 91.9 cm³/mol. The molecule has 0 unspecified atom stereocenters. The van der Waals surface area contributed by atoms with Gasteiger partial charge in [-0.25, -0.2) is 4.39 Å². The van der Waals surface area contributed by atoms with Gasteiger partial charge < -0.3 is 19.7 Å². The molecule has 6 nitrogen and oxygen atoms in total. The lowest BCUT2D eigenvalue weighted by atomic mass is 10.1. The molecular weight excluding hydrogens is 327 g/mol. The van der Waals surface area contributed by atoms with Gasteiger partial charge in [0.15, 0.2) is 0 Å². The fraction of sp³-hybridized carbons (Fsp3) is 0.111. The Morgan fingerprint density at radius 2 is 1.88 bits per heavy atom. The minimum Gasteiger partial charge on any atom is -0.506 e. The number of aromatic amines is 1. The lowest BCUT2D eigenvalue weighted by Crippen LogP contribution is -2.31. The number of amides is 1. The van der Waals surface area contributed by atoms with Crippen molar-refractivity contribution in [3.8, 4) is 11.5 Å². The van der Waals surface area contributed by atoms with Crippen molar-refractivity contribution in [2.75, 3.05) is 19.1 Å². The average Bonchev–Trinajstić information content (AvgIpc) is 2.60. The first kappa shape index (κ1) is 16.5. The minimum absolute atomic E-state index is 0.237. The second-order valence-corrected chi connectivity index (χ2v) is 5.40. The number of ether oxygens (including phenoxy) is 1. The number of rotatable bonds is 3. The first-order chi connectivity index (χ1) is 11.9. The molecule has 0 aliphatic carbocycles. The van der Waals surface area contributed by atoms with E-state index in [4.69, 9.17) is 4.74 Å². The minimum atomic E-state index is -0.725. The van der Waals surface area contributed by atoms with Crippen molar-refractivity contribution in [2.45, 2.75) is 0 Å². The molecule has 3 rings (SSSR count). The van der Waals surface area contributed by atoms with Gasteiger partial charge in [0.25, 0.3) is 11.5 Å². The van der Waals surface area contributed by atoms with Crippen LogP contribution in [0.25, 0.3) is 10.9 Å². The van der Waals surface area contributed by atoms with Crippen LogP contribution in [0.3, 0.4) is 0 Å². The molecule has 2 N–H and O–H groups in total. The van der Waals surface area contributed by atoms with E-state index in [1.165, 1.54) is 38.4 Å². The van der Waals surface area contributed by atoms with Gasteiger partial charge in [0.05, 0.1) is 18.0 Å². The maximum Gasteiger partial charge on any atom is 0.267 e. The predicted octanol–water partition coefficient (Wildman–Crippen LogP) is 2.66. The third kappa shape index (κ3) is 2.80. The summed E-state index contributed by atoms with van der Waals surface area (Å²) in [7, 11) is 2.85. The third-order valence-electron chi connectivity index (χ3n) is 3.93. The van der Waals surface area contributed by atoms with E-state index < -0.39 is 28.6 Å². The molecule has 0 aliphatic rings. The molecule has 0 saturated heterocycles. The van der Waals surface area contributed by atoms with Gasteiger partial charge in [-0.3, -0.25) is 9.59 Å². The molecule has 1 heterocycles. The highest BCUT2D eigenvalue weighted by Crippen LogP contribution is 2.33. The largest absolute Gasteiger partial charge is 0.506 e. The van der Waals surface area contributed by atoms with E-state index in [0.29, 0.717) is 17.0 Å². The van der Waals surface area contributed by atoms with E-state index in [9.17, 15) is 19.1 Å². The molecule has 25 heavy (non-hydrogen) atoms. The second-order valence-electron chi connectivity index (χ2n) is 5.40. The molecule has 0 saturated carbocycles.